The van der Waals surface area contributed by atoms with Crippen molar-refractivity contribution in [1.29, 1.82) is 0 Å². The number of hydrogen-bond donors (Lipinski definition) is 0. The van der Waals surface area contributed by atoms with Crippen molar-refractivity contribution in [1.82, 2.24) is 23.9 Å². The van der Waals surface area contributed by atoms with E-state index in [1.54, 1.807) is 41.4 Å². The third kappa shape index (κ3) is 4.09. The second-order valence-electron chi connectivity index (χ2n) is 8.94. The number of fused-ring (bicyclic) bond motifs is 2. The van der Waals surface area contributed by atoms with Crippen LogP contribution >= 0.6 is 0 Å². The lowest BCUT2D eigenvalue weighted by atomic mass is 10.1. The molecule has 38 heavy (non-hydrogen) atoms. The van der Waals surface area contributed by atoms with Crippen LogP contribution in [0.1, 0.15) is 0 Å². The van der Waals surface area contributed by atoms with Gasteiger partial charge in [-0.2, -0.15) is 18.9 Å². The monoisotopic (exact) mass is 530 g/mol. The Balaban J connectivity index is 1.32. The zero-order chi connectivity index (χ0) is 26.3. The summed E-state index contributed by atoms with van der Waals surface area (Å²) >= 11 is 0. The fourth-order valence-corrected chi connectivity index (χ4v) is 6.35. The molecule has 0 saturated carbocycles. The highest BCUT2D eigenvalue weighted by Crippen LogP contribution is 2.37. The van der Waals surface area contributed by atoms with E-state index in [9.17, 15) is 8.42 Å². The Bertz CT molecular complexity index is 1750. The summed E-state index contributed by atoms with van der Waals surface area (Å²) in [4.78, 5) is 11.2. The Morgan fingerprint density at radius 1 is 0.816 bits per heavy atom. The predicted molar refractivity (Wildman–Crippen MR) is 144 cm³/mol. The Hall–Kier alpha value is -4.22. The molecule has 0 amide bonds. The second kappa shape index (κ2) is 9.58. The number of anilines is 1. The maximum Gasteiger partial charge on any atom is 0.254 e. The second-order valence-corrected chi connectivity index (χ2v) is 10.9. The van der Waals surface area contributed by atoms with Crippen molar-refractivity contribution in [3.63, 3.8) is 0 Å². The molecular formula is C27H26N6O4S. The molecule has 194 valence electrons. The summed E-state index contributed by atoms with van der Waals surface area (Å²) in [5, 5.41) is 6.32. The van der Waals surface area contributed by atoms with Gasteiger partial charge in [0.1, 0.15) is 12.1 Å². The minimum absolute atomic E-state index is 0.304. The van der Waals surface area contributed by atoms with Gasteiger partial charge in [-0.15, -0.1) is 0 Å². The van der Waals surface area contributed by atoms with E-state index in [1.807, 2.05) is 48.5 Å². The van der Waals surface area contributed by atoms with Gasteiger partial charge in [-0.25, -0.2) is 13.4 Å². The summed E-state index contributed by atoms with van der Waals surface area (Å²) in [7, 11) is -0.452. The molecule has 11 heteroatoms. The van der Waals surface area contributed by atoms with E-state index in [4.69, 9.17) is 9.47 Å². The van der Waals surface area contributed by atoms with Gasteiger partial charge in [-0.05, 0) is 40.6 Å². The third-order valence-corrected chi connectivity index (χ3v) is 8.77. The van der Waals surface area contributed by atoms with Crippen molar-refractivity contribution in [2.75, 3.05) is 45.3 Å². The fourth-order valence-electron chi connectivity index (χ4n) is 4.90. The Morgan fingerprint density at radius 3 is 2.34 bits per heavy atom. The lowest BCUT2D eigenvalue weighted by Gasteiger charge is -2.36. The summed E-state index contributed by atoms with van der Waals surface area (Å²) in [6.45, 7) is 1.62. The van der Waals surface area contributed by atoms with Gasteiger partial charge in [-0.3, -0.25) is 0 Å². The van der Waals surface area contributed by atoms with Crippen LogP contribution < -0.4 is 14.4 Å². The van der Waals surface area contributed by atoms with Crippen LogP contribution in [0, 0.1) is 0 Å². The maximum atomic E-state index is 13.5. The van der Waals surface area contributed by atoms with Crippen LogP contribution in [0.2, 0.25) is 0 Å². The van der Waals surface area contributed by atoms with Crippen LogP contribution in [0.4, 0.5) is 5.82 Å². The minimum atomic E-state index is -3.64. The molecular weight excluding hydrogens is 504 g/mol. The number of nitrogens with zero attached hydrogens (tertiary/aromatic N) is 6. The van der Waals surface area contributed by atoms with E-state index in [2.05, 4.69) is 20.0 Å². The number of methoxy groups -OCH3 is 2. The van der Waals surface area contributed by atoms with Crippen LogP contribution in [-0.2, 0) is 10.0 Å². The molecule has 1 fully saturated rings. The van der Waals surface area contributed by atoms with Gasteiger partial charge < -0.3 is 14.4 Å². The normalized spacial score (nSPS) is 14.7. The molecule has 2 aromatic heterocycles. The first-order valence-electron chi connectivity index (χ1n) is 12.1. The number of sulfonamides is 1. The Labute approximate surface area is 220 Å². The van der Waals surface area contributed by atoms with E-state index in [0.29, 0.717) is 48.4 Å². The molecule has 1 aliphatic heterocycles. The van der Waals surface area contributed by atoms with Gasteiger partial charge in [-0.1, -0.05) is 36.4 Å². The van der Waals surface area contributed by atoms with E-state index >= 15 is 0 Å². The van der Waals surface area contributed by atoms with Crippen LogP contribution in [0.5, 0.6) is 11.5 Å². The zero-order valence-corrected chi connectivity index (χ0v) is 21.8. The Morgan fingerprint density at radius 2 is 1.58 bits per heavy atom. The van der Waals surface area contributed by atoms with Crippen molar-refractivity contribution >= 4 is 32.4 Å². The number of piperazine rings is 1. The third-order valence-electron chi connectivity index (χ3n) is 6.87. The molecule has 0 spiro atoms. The Kier molecular flexibility index (Phi) is 6.09. The SMILES string of the molecule is COc1ccc(-c2cnc3ncnn3c2N2CCN(S(=O)(=O)c3ccc4ccccc4c3)CC2)cc1OC. The first-order valence-corrected chi connectivity index (χ1v) is 13.6. The first kappa shape index (κ1) is 24.1. The van der Waals surface area contributed by atoms with E-state index < -0.39 is 10.0 Å². The zero-order valence-electron chi connectivity index (χ0n) is 21.0. The highest BCUT2D eigenvalue weighted by atomic mass is 32.2. The summed E-state index contributed by atoms with van der Waals surface area (Å²) in [6.07, 6.45) is 3.23. The van der Waals surface area contributed by atoms with Gasteiger partial charge in [0.2, 0.25) is 10.0 Å². The lowest BCUT2D eigenvalue weighted by Crippen LogP contribution is -2.49. The summed E-state index contributed by atoms with van der Waals surface area (Å²) in [6, 6.07) is 18.7. The van der Waals surface area contributed by atoms with E-state index in [-0.39, 0.29) is 0 Å². The van der Waals surface area contributed by atoms with Crippen molar-refractivity contribution in [3.05, 3.63) is 73.2 Å². The summed E-state index contributed by atoms with van der Waals surface area (Å²) in [5.74, 6) is 2.49. The smallest absolute Gasteiger partial charge is 0.254 e. The largest absolute Gasteiger partial charge is 0.493 e. The lowest BCUT2D eigenvalue weighted by molar-refractivity contribution is 0.355. The van der Waals surface area contributed by atoms with E-state index in [1.165, 1.54) is 6.33 Å². The molecule has 0 bridgehead atoms. The molecule has 6 rings (SSSR count). The van der Waals surface area contributed by atoms with Crippen molar-refractivity contribution < 1.29 is 17.9 Å². The van der Waals surface area contributed by atoms with Crippen LogP contribution in [0.15, 0.2) is 78.1 Å². The molecule has 0 atom stereocenters. The van der Waals surface area contributed by atoms with E-state index in [0.717, 1.165) is 27.7 Å². The molecule has 0 unspecified atom stereocenters. The number of rotatable bonds is 6. The van der Waals surface area contributed by atoms with Gasteiger partial charge in [0.25, 0.3) is 5.78 Å². The van der Waals surface area contributed by atoms with Gasteiger partial charge >= 0.3 is 0 Å². The van der Waals surface area contributed by atoms with Crippen molar-refractivity contribution in [3.8, 4) is 22.6 Å². The molecule has 1 saturated heterocycles. The summed E-state index contributed by atoms with van der Waals surface area (Å²) < 4.78 is 41.2. The summed E-state index contributed by atoms with van der Waals surface area (Å²) in [5.41, 5.74) is 1.70. The molecule has 0 aliphatic carbocycles. The average Bonchev–Trinajstić information content (AvgIpc) is 3.45. The number of benzene rings is 3. The van der Waals surface area contributed by atoms with Crippen molar-refractivity contribution in [2.24, 2.45) is 0 Å². The highest BCUT2D eigenvalue weighted by molar-refractivity contribution is 7.89. The van der Waals surface area contributed by atoms with Crippen molar-refractivity contribution in [2.45, 2.75) is 4.90 Å². The molecule has 0 radical (unpaired) electrons. The predicted octanol–water partition coefficient (Wildman–Crippen LogP) is 3.47. The van der Waals surface area contributed by atoms with Gasteiger partial charge in [0.05, 0.1) is 19.1 Å². The van der Waals surface area contributed by atoms with Gasteiger partial charge in [0, 0.05) is 37.9 Å². The van der Waals surface area contributed by atoms with Crippen LogP contribution in [-0.4, -0.2) is 72.7 Å². The van der Waals surface area contributed by atoms with Gasteiger partial charge in [0.15, 0.2) is 11.5 Å². The standard InChI is InChI=1S/C27H26N6O4S/c1-36-24-10-8-21(16-25(24)37-2)23-17-28-27-29-18-30-33(27)26(23)31-11-13-32(14-12-31)38(34,35)22-9-7-19-5-3-4-6-20(19)15-22/h3-10,15-18H,11-14H2,1-2H3. The average molecular weight is 531 g/mol. The molecule has 1 aliphatic rings. The minimum Gasteiger partial charge on any atom is -0.493 e. The molecule has 0 N–H and O–H groups in total. The first-order chi connectivity index (χ1) is 18.5. The fraction of sp³-hybridized carbons (Fsp3) is 0.222. The molecule has 3 aromatic carbocycles. The number of ether oxygens (including phenoxy) is 2. The highest BCUT2D eigenvalue weighted by Gasteiger charge is 2.31. The topological polar surface area (TPSA) is 102 Å². The number of aromatic nitrogens is 4. The molecule has 5 aromatic rings. The maximum absolute atomic E-state index is 13.5. The van der Waals surface area contributed by atoms with Crippen LogP contribution in [0.25, 0.3) is 27.7 Å². The molecule has 3 heterocycles. The number of hydrogen-bond acceptors (Lipinski definition) is 8. The quantitative estimate of drug-likeness (QED) is 0.329. The van der Waals surface area contributed by atoms with Crippen LogP contribution in [0.3, 0.4) is 0 Å². The molecule has 10 nitrogen and oxygen atoms in total.